The number of carbonyl (C=O) groups excluding carboxylic acids is 1. The minimum atomic E-state index is -0.0396. The zero-order valence-electron chi connectivity index (χ0n) is 10.8. The highest BCUT2D eigenvalue weighted by molar-refractivity contribution is 5.75. The van der Waals surface area contributed by atoms with E-state index in [0.29, 0.717) is 19.6 Å². The molecule has 1 heterocycles. The van der Waals surface area contributed by atoms with Crippen LogP contribution in [0, 0.1) is 6.92 Å². The standard InChI is InChI=1S/C14H17N3O2/c1-11-3-2-4-13(9-11)19-8-6-14(18)15-10-12-5-7-16-17-12/h2-5,7,9H,6,8,10H2,1H3,(H,15,18)(H,16,17). The molecule has 1 aromatic carbocycles. The van der Waals surface area contributed by atoms with Crippen LogP contribution in [-0.4, -0.2) is 22.7 Å². The number of carbonyl (C=O) groups is 1. The van der Waals surface area contributed by atoms with Crippen LogP contribution in [-0.2, 0) is 11.3 Å². The fourth-order valence-electron chi connectivity index (χ4n) is 1.63. The molecule has 0 spiro atoms. The molecule has 5 heteroatoms. The van der Waals surface area contributed by atoms with Crippen LogP contribution in [0.2, 0.25) is 0 Å². The lowest BCUT2D eigenvalue weighted by atomic mass is 10.2. The molecule has 0 fully saturated rings. The second-order valence-electron chi connectivity index (χ2n) is 4.27. The third-order valence-electron chi connectivity index (χ3n) is 2.62. The first-order valence-electron chi connectivity index (χ1n) is 6.18. The number of rotatable bonds is 6. The summed E-state index contributed by atoms with van der Waals surface area (Å²) in [5.41, 5.74) is 2.02. The third kappa shape index (κ3) is 4.46. The minimum Gasteiger partial charge on any atom is -0.493 e. The van der Waals surface area contributed by atoms with Crippen LogP contribution in [0.4, 0.5) is 0 Å². The zero-order valence-corrected chi connectivity index (χ0v) is 10.8. The van der Waals surface area contributed by atoms with Gasteiger partial charge in [-0.2, -0.15) is 5.10 Å². The number of nitrogens with one attached hydrogen (secondary N) is 2. The van der Waals surface area contributed by atoms with Crippen molar-refractivity contribution < 1.29 is 9.53 Å². The molecule has 0 aliphatic heterocycles. The summed E-state index contributed by atoms with van der Waals surface area (Å²) in [6.07, 6.45) is 1.99. The smallest absolute Gasteiger partial charge is 0.223 e. The van der Waals surface area contributed by atoms with Crippen molar-refractivity contribution in [3.8, 4) is 5.75 Å². The van der Waals surface area contributed by atoms with Crippen molar-refractivity contribution in [2.45, 2.75) is 19.9 Å². The van der Waals surface area contributed by atoms with E-state index in [0.717, 1.165) is 17.0 Å². The molecule has 1 aromatic heterocycles. The molecule has 100 valence electrons. The van der Waals surface area contributed by atoms with Gasteiger partial charge in [0, 0.05) is 6.20 Å². The molecule has 0 aliphatic carbocycles. The maximum atomic E-state index is 11.6. The van der Waals surface area contributed by atoms with Gasteiger partial charge < -0.3 is 10.1 Å². The van der Waals surface area contributed by atoms with Crippen LogP contribution in [0.3, 0.4) is 0 Å². The number of hydrogen-bond acceptors (Lipinski definition) is 3. The van der Waals surface area contributed by atoms with Crippen LogP contribution >= 0.6 is 0 Å². The van der Waals surface area contributed by atoms with E-state index >= 15 is 0 Å². The first kappa shape index (κ1) is 13.1. The van der Waals surface area contributed by atoms with Crippen molar-refractivity contribution in [1.82, 2.24) is 15.5 Å². The van der Waals surface area contributed by atoms with E-state index in [9.17, 15) is 4.79 Å². The van der Waals surface area contributed by atoms with Gasteiger partial charge in [-0.3, -0.25) is 9.89 Å². The number of nitrogens with zero attached hydrogens (tertiary/aromatic N) is 1. The largest absolute Gasteiger partial charge is 0.493 e. The van der Waals surface area contributed by atoms with E-state index in [2.05, 4.69) is 15.5 Å². The molecular weight excluding hydrogens is 242 g/mol. The van der Waals surface area contributed by atoms with Crippen LogP contribution in [0.1, 0.15) is 17.7 Å². The number of amides is 1. The highest BCUT2D eigenvalue weighted by atomic mass is 16.5. The molecule has 0 bridgehead atoms. The summed E-state index contributed by atoms with van der Waals surface area (Å²) in [7, 11) is 0. The van der Waals surface area contributed by atoms with E-state index < -0.39 is 0 Å². The Morgan fingerprint density at radius 2 is 2.32 bits per heavy atom. The van der Waals surface area contributed by atoms with E-state index in [1.165, 1.54) is 0 Å². The Labute approximate surface area is 112 Å². The Bertz CT molecular complexity index is 523. The van der Waals surface area contributed by atoms with Crippen LogP contribution in [0.25, 0.3) is 0 Å². The quantitative estimate of drug-likeness (QED) is 0.831. The fourth-order valence-corrected chi connectivity index (χ4v) is 1.63. The molecule has 0 radical (unpaired) electrons. The highest BCUT2D eigenvalue weighted by Gasteiger charge is 2.02. The number of aromatic nitrogens is 2. The molecule has 2 aromatic rings. The van der Waals surface area contributed by atoms with Gasteiger partial charge in [-0.1, -0.05) is 12.1 Å². The summed E-state index contributed by atoms with van der Waals surface area (Å²) in [5.74, 6) is 0.753. The van der Waals surface area contributed by atoms with Crippen LogP contribution in [0.5, 0.6) is 5.75 Å². The van der Waals surface area contributed by atoms with E-state index in [1.54, 1.807) is 6.20 Å². The second kappa shape index (κ2) is 6.58. The number of benzene rings is 1. The highest BCUT2D eigenvalue weighted by Crippen LogP contribution is 2.12. The lowest BCUT2D eigenvalue weighted by Crippen LogP contribution is -2.24. The predicted octanol–water partition coefficient (Wildman–Crippen LogP) is 1.80. The monoisotopic (exact) mass is 259 g/mol. The molecule has 0 atom stereocenters. The summed E-state index contributed by atoms with van der Waals surface area (Å²) in [5, 5.41) is 9.39. The molecule has 19 heavy (non-hydrogen) atoms. The van der Waals surface area contributed by atoms with Crippen LogP contribution < -0.4 is 10.1 Å². The van der Waals surface area contributed by atoms with Crippen molar-refractivity contribution >= 4 is 5.91 Å². The molecule has 1 amide bonds. The molecule has 0 saturated heterocycles. The Kier molecular flexibility index (Phi) is 4.55. The maximum absolute atomic E-state index is 11.6. The second-order valence-corrected chi connectivity index (χ2v) is 4.27. The number of H-pyrrole nitrogens is 1. The van der Waals surface area contributed by atoms with Gasteiger partial charge in [0.15, 0.2) is 0 Å². The fraction of sp³-hybridized carbons (Fsp3) is 0.286. The molecule has 0 unspecified atom stereocenters. The van der Waals surface area contributed by atoms with Gasteiger partial charge in [0.1, 0.15) is 5.75 Å². The maximum Gasteiger partial charge on any atom is 0.223 e. The number of hydrogen-bond donors (Lipinski definition) is 2. The Hall–Kier alpha value is -2.30. The molecule has 2 N–H and O–H groups in total. The first-order chi connectivity index (χ1) is 9.24. The molecule has 2 rings (SSSR count). The van der Waals surface area contributed by atoms with Crippen molar-refractivity contribution in [3.63, 3.8) is 0 Å². The normalized spacial score (nSPS) is 10.2. The molecule has 0 aliphatic rings. The number of aromatic amines is 1. The predicted molar refractivity (Wildman–Crippen MR) is 71.7 cm³/mol. The zero-order chi connectivity index (χ0) is 13.5. The van der Waals surface area contributed by atoms with Gasteiger partial charge >= 0.3 is 0 Å². The Morgan fingerprint density at radius 1 is 1.42 bits per heavy atom. The summed E-state index contributed by atoms with van der Waals surface area (Å²) in [6.45, 7) is 2.84. The first-order valence-corrected chi connectivity index (χ1v) is 6.18. The van der Waals surface area contributed by atoms with Gasteiger partial charge in [-0.25, -0.2) is 0 Å². The summed E-state index contributed by atoms with van der Waals surface area (Å²) in [6, 6.07) is 9.59. The van der Waals surface area contributed by atoms with Crippen molar-refractivity contribution in [1.29, 1.82) is 0 Å². The molecular formula is C14H17N3O2. The molecule has 0 saturated carbocycles. The third-order valence-corrected chi connectivity index (χ3v) is 2.62. The van der Waals surface area contributed by atoms with E-state index in [1.807, 2.05) is 37.3 Å². The van der Waals surface area contributed by atoms with Gasteiger partial charge in [-0.05, 0) is 30.7 Å². The van der Waals surface area contributed by atoms with Crippen molar-refractivity contribution in [2.75, 3.05) is 6.61 Å². The average Bonchev–Trinajstić information content (AvgIpc) is 2.89. The Morgan fingerprint density at radius 3 is 3.05 bits per heavy atom. The minimum absolute atomic E-state index is 0.0396. The van der Waals surface area contributed by atoms with Gasteiger partial charge in [0.2, 0.25) is 5.91 Å². The summed E-state index contributed by atoms with van der Waals surface area (Å²) in [4.78, 5) is 11.6. The number of ether oxygens (including phenoxy) is 1. The average molecular weight is 259 g/mol. The lowest BCUT2D eigenvalue weighted by molar-refractivity contribution is -0.121. The van der Waals surface area contributed by atoms with Gasteiger partial charge in [-0.15, -0.1) is 0 Å². The summed E-state index contributed by atoms with van der Waals surface area (Å²) >= 11 is 0. The Balaban J connectivity index is 1.66. The number of aryl methyl sites for hydroxylation is 1. The molecule has 5 nitrogen and oxygen atoms in total. The van der Waals surface area contributed by atoms with Crippen molar-refractivity contribution in [2.24, 2.45) is 0 Å². The van der Waals surface area contributed by atoms with Crippen LogP contribution in [0.15, 0.2) is 36.5 Å². The topological polar surface area (TPSA) is 67.0 Å². The van der Waals surface area contributed by atoms with Gasteiger partial charge in [0.25, 0.3) is 0 Å². The lowest BCUT2D eigenvalue weighted by Gasteiger charge is -2.07. The summed E-state index contributed by atoms with van der Waals surface area (Å²) < 4.78 is 5.51. The van der Waals surface area contributed by atoms with Crippen molar-refractivity contribution in [3.05, 3.63) is 47.8 Å². The van der Waals surface area contributed by atoms with E-state index in [-0.39, 0.29) is 5.91 Å². The van der Waals surface area contributed by atoms with E-state index in [4.69, 9.17) is 4.74 Å². The SMILES string of the molecule is Cc1cccc(OCCC(=O)NCc2ccn[nH]2)c1. The van der Waals surface area contributed by atoms with Gasteiger partial charge in [0.05, 0.1) is 25.3 Å².